The molecule has 0 radical (unpaired) electrons. The van der Waals surface area contributed by atoms with Crippen molar-refractivity contribution in [1.29, 1.82) is 0 Å². The summed E-state index contributed by atoms with van der Waals surface area (Å²) >= 11 is 0. The molecule has 0 rings (SSSR count). The Labute approximate surface area is 252 Å². The molecule has 0 bridgehead atoms. The second-order valence-electron chi connectivity index (χ2n) is 12.0. The molecule has 0 saturated carbocycles. The summed E-state index contributed by atoms with van der Waals surface area (Å²) in [7, 11) is 0. The summed E-state index contributed by atoms with van der Waals surface area (Å²) in [5, 5.41) is 15.3. The highest BCUT2D eigenvalue weighted by Gasteiger charge is 2.24. The van der Waals surface area contributed by atoms with Crippen LogP contribution in [-0.2, 0) is 0 Å². The largest absolute Gasteiger partial charge is 0.565 e. The number of carbonyl (C=O) groups is 1. The lowest BCUT2D eigenvalue weighted by Crippen LogP contribution is -2.50. The summed E-state index contributed by atoms with van der Waals surface area (Å²) in [6, 6.07) is 0. The second-order valence-corrected chi connectivity index (χ2v) is 12.0. The molecule has 0 aromatic rings. The molecule has 3 N–H and O–H groups in total. The van der Waals surface area contributed by atoms with Gasteiger partial charge in [-0.25, -0.2) is 0 Å². The number of quaternary nitrogens is 1. The summed E-state index contributed by atoms with van der Waals surface area (Å²) < 4.78 is 1.42. The van der Waals surface area contributed by atoms with E-state index in [0.29, 0.717) is 0 Å². The first-order chi connectivity index (χ1) is 19.4. The van der Waals surface area contributed by atoms with Crippen LogP contribution >= 0.6 is 0 Å². The fourth-order valence-electron chi connectivity index (χ4n) is 5.34. The van der Waals surface area contributed by atoms with E-state index < -0.39 is 6.16 Å². The highest BCUT2D eigenvalue weighted by atomic mass is 16.6. The Balaban J connectivity index is -0.000000605. The zero-order valence-electron chi connectivity index (χ0n) is 28.3. The van der Waals surface area contributed by atoms with Crippen LogP contribution < -0.4 is 10.8 Å². The zero-order valence-corrected chi connectivity index (χ0v) is 28.3. The van der Waals surface area contributed by atoms with Crippen molar-refractivity contribution in [2.45, 2.75) is 189 Å². The lowest BCUT2D eigenvalue weighted by atomic mass is 10.0. The highest BCUT2D eigenvalue weighted by Crippen LogP contribution is 2.17. The predicted octanol–water partition coefficient (Wildman–Crippen LogP) is 10.1. The van der Waals surface area contributed by atoms with Gasteiger partial charge in [-0.3, -0.25) is 0 Å². The average molecular weight is 573 g/mol. The van der Waals surface area contributed by atoms with Crippen molar-refractivity contribution < 1.29 is 19.5 Å². The van der Waals surface area contributed by atoms with E-state index in [1.54, 1.807) is 0 Å². The van der Waals surface area contributed by atoms with Gasteiger partial charge in [0.2, 0.25) is 6.16 Å². The Bertz CT molecular complexity index is 402. The molecule has 0 aliphatic carbocycles. The van der Waals surface area contributed by atoms with Crippen molar-refractivity contribution in [3.05, 3.63) is 0 Å². The van der Waals surface area contributed by atoms with E-state index in [1.165, 1.54) is 185 Å². The van der Waals surface area contributed by atoms with E-state index in [0.717, 1.165) is 6.54 Å². The van der Waals surface area contributed by atoms with Crippen LogP contribution in [0.15, 0.2) is 0 Å². The molecule has 0 unspecified atom stereocenters. The van der Waals surface area contributed by atoms with Crippen LogP contribution in [0.3, 0.4) is 0 Å². The summed E-state index contributed by atoms with van der Waals surface area (Å²) in [6.07, 6.45) is 31.8. The van der Waals surface area contributed by atoms with Gasteiger partial charge in [-0.05, 0) is 38.6 Å². The molecule has 244 valence electrons. The molecule has 40 heavy (non-hydrogen) atoms. The summed E-state index contributed by atoms with van der Waals surface area (Å²) in [6.45, 7) is 18.2. The fourth-order valence-corrected chi connectivity index (χ4v) is 5.34. The topological polar surface area (TPSA) is 86.4 Å². The van der Waals surface area contributed by atoms with Crippen molar-refractivity contribution in [1.82, 2.24) is 0 Å². The lowest BCUT2D eigenvalue weighted by molar-refractivity contribution is -0.929. The van der Waals surface area contributed by atoms with Gasteiger partial charge in [-0.2, -0.15) is 0 Å². The van der Waals surface area contributed by atoms with Crippen molar-refractivity contribution in [2.75, 3.05) is 32.7 Å². The minimum atomic E-state index is -2.08. The average Bonchev–Trinajstić information content (AvgIpc) is 2.94. The van der Waals surface area contributed by atoms with Crippen LogP contribution in [0.25, 0.3) is 0 Å². The van der Waals surface area contributed by atoms with Gasteiger partial charge in [0.1, 0.15) is 0 Å². The van der Waals surface area contributed by atoms with Gasteiger partial charge >= 0.3 is 0 Å². The van der Waals surface area contributed by atoms with Gasteiger partial charge in [0, 0.05) is 0 Å². The third-order valence-corrected chi connectivity index (χ3v) is 8.00. The first kappa shape index (κ1) is 43.6. The molecule has 0 spiro atoms. The quantitative estimate of drug-likeness (QED) is 0.0721. The van der Waals surface area contributed by atoms with Gasteiger partial charge in [-0.1, -0.05) is 157 Å². The van der Waals surface area contributed by atoms with Crippen molar-refractivity contribution >= 4 is 6.16 Å². The van der Waals surface area contributed by atoms with E-state index >= 15 is 0 Å². The Morgan fingerprint density at radius 2 is 0.675 bits per heavy atom. The van der Waals surface area contributed by atoms with E-state index in [-0.39, 0.29) is 0 Å². The maximum Gasteiger partial charge on any atom is 0.249 e. The van der Waals surface area contributed by atoms with E-state index in [9.17, 15) is 0 Å². The fraction of sp³-hybridized carbons (Fsp3) is 0.971. The molecule has 0 atom stereocenters. The number of hydrogen-bond donors (Lipinski definition) is 2. The Morgan fingerprint density at radius 1 is 0.475 bits per heavy atom. The SMILES string of the molecule is CCCCCCCCCCCCCCCCCCN.CCCC[N+](CCCC)(CCCC)CCCC.O=C([O-])O. The summed E-state index contributed by atoms with van der Waals surface area (Å²) in [5.41, 5.74) is 5.48. The third kappa shape index (κ3) is 39.3. The number of carboxylic acid groups (broad SMARTS) is 2. The number of hydrogen-bond acceptors (Lipinski definition) is 3. The van der Waals surface area contributed by atoms with Crippen LogP contribution in [0, 0.1) is 0 Å². The van der Waals surface area contributed by atoms with E-state index in [4.69, 9.17) is 20.7 Å². The minimum Gasteiger partial charge on any atom is -0.565 e. The number of nitrogens with two attached hydrogens (primary N) is 1. The lowest BCUT2D eigenvalue weighted by Gasteiger charge is -2.39. The molecular formula is C35H76N2O3. The molecule has 0 aromatic heterocycles. The van der Waals surface area contributed by atoms with Gasteiger partial charge in [0.05, 0.1) is 26.2 Å². The van der Waals surface area contributed by atoms with Crippen molar-refractivity contribution in [3.63, 3.8) is 0 Å². The summed E-state index contributed by atoms with van der Waals surface area (Å²) in [5.74, 6) is 0. The zero-order chi connectivity index (χ0) is 30.6. The van der Waals surface area contributed by atoms with Gasteiger partial charge in [0.15, 0.2) is 0 Å². The molecule has 0 aliphatic heterocycles. The van der Waals surface area contributed by atoms with Crippen LogP contribution in [-0.4, -0.2) is 48.5 Å². The van der Waals surface area contributed by atoms with Crippen molar-refractivity contribution in [2.24, 2.45) is 5.73 Å². The maximum atomic E-state index is 8.44. The summed E-state index contributed by atoms with van der Waals surface area (Å²) in [4.78, 5) is 8.44. The molecule has 5 heteroatoms. The van der Waals surface area contributed by atoms with Crippen LogP contribution in [0.2, 0.25) is 0 Å². The molecule has 5 nitrogen and oxygen atoms in total. The van der Waals surface area contributed by atoms with Gasteiger partial charge in [-0.15, -0.1) is 0 Å². The third-order valence-electron chi connectivity index (χ3n) is 8.00. The Hall–Kier alpha value is -0.810. The normalized spacial score (nSPS) is 10.9. The predicted molar refractivity (Wildman–Crippen MR) is 176 cm³/mol. The van der Waals surface area contributed by atoms with E-state index in [1.807, 2.05) is 0 Å². The van der Waals surface area contributed by atoms with Gasteiger partial charge < -0.3 is 25.2 Å². The molecule has 0 heterocycles. The number of unbranched alkanes of at least 4 members (excludes halogenated alkanes) is 19. The van der Waals surface area contributed by atoms with Gasteiger partial charge in [0.25, 0.3) is 0 Å². The first-order valence-electron chi connectivity index (χ1n) is 17.8. The molecule has 0 saturated heterocycles. The Morgan fingerprint density at radius 3 is 0.875 bits per heavy atom. The number of rotatable bonds is 28. The van der Waals surface area contributed by atoms with Crippen LogP contribution in [0.5, 0.6) is 0 Å². The van der Waals surface area contributed by atoms with Crippen LogP contribution in [0.4, 0.5) is 4.79 Å². The second kappa shape index (κ2) is 38.2. The molecule has 0 aliphatic rings. The highest BCUT2D eigenvalue weighted by molar-refractivity contribution is 5.50. The maximum absolute atomic E-state index is 8.44. The monoisotopic (exact) mass is 573 g/mol. The first-order valence-corrected chi connectivity index (χ1v) is 17.8. The molecular weight excluding hydrogens is 496 g/mol. The minimum absolute atomic E-state index is 0.873. The molecule has 0 fully saturated rings. The van der Waals surface area contributed by atoms with Crippen LogP contribution in [0.1, 0.15) is 189 Å². The standard InChI is InChI=1S/C18H39N.C16H36N.CH2O3/c1-2-3-4-5-6-7-8-9-10-11-12-13-14-15-16-17-18-19;1-5-9-13-17(14-10-6-2,15-11-7-3)16-12-8-4;2-1(3)4/h2-19H2,1H3;5-16H2,1-4H3;(H2,2,3,4)/q;+1;/p-1. The van der Waals surface area contributed by atoms with Crippen molar-refractivity contribution in [3.8, 4) is 0 Å². The number of nitrogens with zero attached hydrogens (tertiary/aromatic N) is 1. The molecule has 0 amide bonds. The smallest absolute Gasteiger partial charge is 0.249 e. The molecule has 0 aromatic carbocycles. The Kier molecular flexibility index (Phi) is 41.7. The van der Waals surface area contributed by atoms with E-state index in [2.05, 4.69) is 34.6 Å².